The lowest BCUT2D eigenvalue weighted by molar-refractivity contribution is 0.867. The lowest BCUT2D eigenvalue weighted by Crippen LogP contribution is -2.13. The molecule has 0 aromatic carbocycles. The maximum atomic E-state index is 11.2. The smallest absolute Gasteiger partial charge is 0.277 e. The Morgan fingerprint density at radius 3 is 3.25 bits per heavy atom. The number of aromatic nitrogens is 4. The number of fused-ring (bicyclic) bond motifs is 1. The van der Waals surface area contributed by atoms with Crippen molar-refractivity contribution in [3.05, 3.63) is 35.3 Å². The van der Waals surface area contributed by atoms with Crippen LogP contribution in [0.25, 0.3) is 11.6 Å². The van der Waals surface area contributed by atoms with Crippen molar-refractivity contribution < 1.29 is 0 Å². The second kappa shape index (κ2) is 2.30. The molecule has 0 saturated carbocycles. The minimum Gasteiger partial charge on any atom is -0.304 e. The summed E-state index contributed by atoms with van der Waals surface area (Å²) in [6.07, 6.45) is 4.40. The SMILES string of the molecule is C=Cc1nn2cncc2c(=O)[nH]1. The van der Waals surface area contributed by atoms with Gasteiger partial charge in [-0.3, -0.25) is 4.79 Å². The number of aromatic amines is 1. The fraction of sp³-hybridized carbons (Fsp3) is 0. The van der Waals surface area contributed by atoms with Crippen LogP contribution in [-0.2, 0) is 0 Å². The molecule has 0 aliphatic rings. The van der Waals surface area contributed by atoms with Crippen molar-refractivity contribution in [2.45, 2.75) is 0 Å². The van der Waals surface area contributed by atoms with E-state index in [4.69, 9.17) is 0 Å². The minimum absolute atomic E-state index is 0.211. The topological polar surface area (TPSA) is 63.1 Å². The van der Waals surface area contributed by atoms with Gasteiger partial charge in [-0.15, -0.1) is 5.10 Å². The monoisotopic (exact) mass is 162 g/mol. The van der Waals surface area contributed by atoms with Crippen LogP contribution in [0.3, 0.4) is 0 Å². The van der Waals surface area contributed by atoms with Crippen molar-refractivity contribution in [3.63, 3.8) is 0 Å². The van der Waals surface area contributed by atoms with Gasteiger partial charge in [0.05, 0.1) is 6.20 Å². The molecular weight excluding hydrogens is 156 g/mol. The van der Waals surface area contributed by atoms with Crippen LogP contribution in [0, 0.1) is 0 Å². The van der Waals surface area contributed by atoms with E-state index in [1.165, 1.54) is 23.1 Å². The van der Waals surface area contributed by atoms with Crippen molar-refractivity contribution in [2.75, 3.05) is 0 Å². The summed E-state index contributed by atoms with van der Waals surface area (Å²) < 4.78 is 1.41. The molecule has 12 heavy (non-hydrogen) atoms. The van der Waals surface area contributed by atoms with Crippen molar-refractivity contribution in [3.8, 4) is 0 Å². The number of rotatable bonds is 1. The molecule has 0 aliphatic carbocycles. The first-order chi connectivity index (χ1) is 5.81. The molecule has 5 heteroatoms. The lowest BCUT2D eigenvalue weighted by atomic mass is 10.5. The number of nitrogens with one attached hydrogen (secondary N) is 1. The lowest BCUT2D eigenvalue weighted by Gasteiger charge is -1.93. The predicted octanol–water partition coefficient (Wildman–Crippen LogP) is 0.0606. The first kappa shape index (κ1) is 6.78. The molecule has 5 nitrogen and oxygen atoms in total. The second-order valence-electron chi connectivity index (χ2n) is 2.27. The maximum Gasteiger partial charge on any atom is 0.277 e. The van der Waals surface area contributed by atoms with Crippen LogP contribution in [0.2, 0.25) is 0 Å². The third kappa shape index (κ3) is 0.833. The molecule has 0 spiro atoms. The van der Waals surface area contributed by atoms with Gasteiger partial charge in [-0.05, 0) is 6.08 Å². The summed E-state index contributed by atoms with van der Waals surface area (Å²) in [6, 6.07) is 0. The molecule has 0 atom stereocenters. The number of hydrogen-bond donors (Lipinski definition) is 1. The van der Waals surface area contributed by atoms with Crippen molar-refractivity contribution >= 4 is 11.6 Å². The van der Waals surface area contributed by atoms with Crippen LogP contribution in [0.1, 0.15) is 5.82 Å². The van der Waals surface area contributed by atoms with E-state index in [1.807, 2.05) is 0 Å². The summed E-state index contributed by atoms with van der Waals surface area (Å²) in [6.45, 7) is 3.50. The minimum atomic E-state index is -0.211. The zero-order valence-corrected chi connectivity index (χ0v) is 6.19. The largest absolute Gasteiger partial charge is 0.304 e. The fourth-order valence-corrected chi connectivity index (χ4v) is 0.944. The Balaban J connectivity index is 2.93. The summed E-state index contributed by atoms with van der Waals surface area (Å²) in [5, 5.41) is 4.00. The van der Waals surface area contributed by atoms with Gasteiger partial charge in [-0.25, -0.2) is 9.50 Å². The van der Waals surface area contributed by atoms with Gasteiger partial charge in [-0.1, -0.05) is 6.58 Å². The summed E-state index contributed by atoms with van der Waals surface area (Å²) in [4.78, 5) is 17.5. The Bertz CT molecular complexity index is 481. The van der Waals surface area contributed by atoms with Crippen molar-refractivity contribution in [1.82, 2.24) is 19.6 Å². The molecule has 0 fully saturated rings. The van der Waals surface area contributed by atoms with Crippen molar-refractivity contribution in [1.29, 1.82) is 0 Å². The van der Waals surface area contributed by atoms with E-state index >= 15 is 0 Å². The zero-order chi connectivity index (χ0) is 8.55. The van der Waals surface area contributed by atoms with Crippen LogP contribution in [0.4, 0.5) is 0 Å². The van der Waals surface area contributed by atoms with E-state index in [9.17, 15) is 4.79 Å². The van der Waals surface area contributed by atoms with E-state index in [-0.39, 0.29) is 5.56 Å². The molecule has 0 aliphatic heterocycles. The zero-order valence-electron chi connectivity index (χ0n) is 6.19. The van der Waals surface area contributed by atoms with Crippen LogP contribution >= 0.6 is 0 Å². The Kier molecular flexibility index (Phi) is 1.30. The van der Waals surface area contributed by atoms with Gasteiger partial charge in [-0.2, -0.15) is 0 Å². The first-order valence-corrected chi connectivity index (χ1v) is 3.36. The third-order valence-electron chi connectivity index (χ3n) is 1.50. The summed E-state index contributed by atoms with van der Waals surface area (Å²) >= 11 is 0. The van der Waals surface area contributed by atoms with E-state index in [0.29, 0.717) is 11.3 Å². The maximum absolute atomic E-state index is 11.2. The molecule has 0 radical (unpaired) electrons. The molecule has 2 rings (SSSR count). The number of nitrogens with zero attached hydrogens (tertiary/aromatic N) is 3. The standard InChI is InChI=1S/C7H6N4O/c1-2-6-9-7(12)5-3-8-4-11(5)10-6/h2-4H,1H2,(H,9,10,12). The van der Waals surface area contributed by atoms with Crippen LogP contribution in [0.15, 0.2) is 23.9 Å². The van der Waals surface area contributed by atoms with E-state index in [1.54, 1.807) is 0 Å². The van der Waals surface area contributed by atoms with E-state index < -0.39 is 0 Å². The molecule has 2 aromatic rings. The number of hydrogen-bond acceptors (Lipinski definition) is 3. The van der Waals surface area contributed by atoms with Crippen molar-refractivity contribution in [2.24, 2.45) is 0 Å². The van der Waals surface area contributed by atoms with Gasteiger partial charge >= 0.3 is 0 Å². The van der Waals surface area contributed by atoms with Gasteiger partial charge in [0.25, 0.3) is 5.56 Å². The summed E-state index contributed by atoms with van der Waals surface area (Å²) in [7, 11) is 0. The predicted molar refractivity (Wildman–Crippen MR) is 43.7 cm³/mol. The Morgan fingerprint density at radius 1 is 1.67 bits per heavy atom. The van der Waals surface area contributed by atoms with Gasteiger partial charge < -0.3 is 4.98 Å². The second-order valence-corrected chi connectivity index (χ2v) is 2.27. The normalized spacial score (nSPS) is 10.3. The quantitative estimate of drug-likeness (QED) is 0.644. The molecule has 0 bridgehead atoms. The van der Waals surface area contributed by atoms with E-state index in [0.717, 1.165) is 0 Å². The average molecular weight is 162 g/mol. The molecular formula is C7H6N4O. The Hall–Kier alpha value is -1.91. The molecule has 1 N–H and O–H groups in total. The highest BCUT2D eigenvalue weighted by atomic mass is 16.1. The van der Waals surface area contributed by atoms with Gasteiger partial charge in [0.15, 0.2) is 5.82 Å². The third-order valence-corrected chi connectivity index (χ3v) is 1.50. The molecule has 60 valence electrons. The van der Waals surface area contributed by atoms with Gasteiger partial charge in [0.1, 0.15) is 11.8 Å². The first-order valence-electron chi connectivity index (χ1n) is 3.36. The van der Waals surface area contributed by atoms with Crippen LogP contribution in [0.5, 0.6) is 0 Å². The molecule has 0 saturated heterocycles. The van der Waals surface area contributed by atoms with Crippen LogP contribution in [-0.4, -0.2) is 19.6 Å². The van der Waals surface area contributed by atoms with Gasteiger partial charge in [0, 0.05) is 0 Å². The summed E-state index contributed by atoms with van der Waals surface area (Å²) in [5.41, 5.74) is 0.220. The highest BCUT2D eigenvalue weighted by molar-refractivity contribution is 5.43. The van der Waals surface area contributed by atoms with Gasteiger partial charge in [0.2, 0.25) is 0 Å². The molecule has 0 amide bonds. The summed E-state index contributed by atoms with van der Waals surface area (Å²) in [5.74, 6) is 0.436. The number of imidazole rings is 1. The highest BCUT2D eigenvalue weighted by Crippen LogP contribution is 1.92. The molecule has 2 aromatic heterocycles. The van der Waals surface area contributed by atoms with E-state index in [2.05, 4.69) is 21.6 Å². The number of H-pyrrole nitrogens is 1. The Morgan fingerprint density at radius 2 is 2.50 bits per heavy atom. The Labute approximate surface area is 67.4 Å². The average Bonchev–Trinajstić information content (AvgIpc) is 2.52. The highest BCUT2D eigenvalue weighted by Gasteiger charge is 1.99. The molecule has 2 heterocycles. The molecule has 0 unspecified atom stereocenters. The van der Waals surface area contributed by atoms with Crippen LogP contribution < -0.4 is 5.56 Å². The fourth-order valence-electron chi connectivity index (χ4n) is 0.944.